The summed E-state index contributed by atoms with van der Waals surface area (Å²) in [7, 11) is 0. The molecule has 0 atom stereocenters. The van der Waals surface area contributed by atoms with E-state index in [0.717, 1.165) is 12.3 Å². The molecule has 0 nitrogen and oxygen atoms in total. The van der Waals surface area contributed by atoms with Crippen molar-refractivity contribution < 1.29 is 0 Å². The van der Waals surface area contributed by atoms with Gasteiger partial charge in [-0.1, -0.05) is 68.0 Å². The van der Waals surface area contributed by atoms with E-state index in [2.05, 4.69) is 61.6 Å². The zero-order chi connectivity index (χ0) is 11.9. The summed E-state index contributed by atoms with van der Waals surface area (Å²) < 4.78 is 0. The molecule has 0 spiro atoms. The molecule has 0 bridgehead atoms. The van der Waals surface area contributed by atoms with Gasteiger partial charge in [-0.15, -0.1) is 0 Å². The molecule has 1 aromatic rings. The Morgan fingerprint density at radius 2 is 1.65 bits per heavy atom. The van der Waals surface area contributed by atoms with Crippen LogP contribution in [0.2, 0.25) is 0 Å². The molecule has 0 fully saturated rings. The Bertz CT molecular complexity index is 356. The molecule has 0 heterocycles. The van der Waals surface area contributed by atoms with Crippen LogP contribution in [0.1, 0.15) is 31.7 Å². The lowest BCUT2D eigenvalue weighted by Gasteiger charge is -2.15. The Kier molecular flexibility index (Phi) is 4.61. The molecular weight excluding hydrogens is 204 g/mol. The molecular formula is C17H22. The summed E-state index contributed by atoms with van der Waals surface area (Å²) >= 11 is 0. The minimum absolute atomic E-state index is 0.579. The van der Waals surface area contributed by atoms with Crippen LogP contribution in [0.25, 0.3) is 0 Å². The first kappa shape index (κ1) is 12.2. The third-order valence-electron chi connectivity index (χ3n) is 3.60. The van der Waals surface area contributed by atoms with Crippen LogP contribution in [-0.2, 0) is 6.42 Å². The maximum atomic E-state index is 2.38. The second-order valence-corrected chi connectivity index (χ2v) is 4.96. The number of benzene rings is 1. The van der Waals surface area contributed by atoms with Crippen LogP contribution < -0.4 is 0 Å². The Hall–Kier alpha value is -1.30. The highest BCUT2D eigenvalue weighted by Gasteiger charge is 2.07. The highest BCUT2D eigenvalue weighted by Crippen LogP contribution is 2.20. The molecule has 17 heavy (non-hydrogen) atoms. The Balaban J connectivity index is 1.96. The summed E-state index contributed by atoms with van der Waals surface area (Å²) in [5.74, 6) is 1.43. The Labute approximate surface area is 105 Å². The van der Waals surface area contributed by atoms with E-state index in [-0.39, 0.29) is 0 Å². The molecule has 1 aliphatic carbocycles. The second-order valence-electron chi connectivity index (χ2n) is 4.96. The van der Waals surface area contributed by atoms with Gasteiger partial charge in [-0.3, -0.25) is 0 Å². The van der Waals surface area contributed by atoms with E-state index in [1.807, 2.05) is 0 Å². The fourth-order valence-corrected chi connectivity index (χ4v) is 2.41. The maximum absolute atomic E-state index is 2.38. The van der Waals surface area contributed by atoms with Crippen molar-refractivity contribution in [2.75, 3.05) is 0 Å². The van der Waals surface area contributed by atoms with Crippen LogP contribution in [0.4, 0.5) is 0 Å². The lowest BCUT2D eigenvalue weighted by Crippen LogP contribution is -2.02. The van der Waals surface area contributed by atoms with Gasteiger partial charge < -0.3 is 0 Å². The van der Waals surface area contributed by atoms with Gasteiger partial charge in [-0.2, -0.15) is 0 Å². The van der Waals surface area contributed by atoms with Crippen molar-refractivity contribution in [1.82, 2.24) is 0 Å². The molecule has 0 aromatic heterocycles. The molecule has 0 radical (unpaired) electrons. The normalized spacial score (nSPS) is 24.3. The van der Waals surface area contributed by atoms with E-state index in [1.165, 1.54) is 24.8 Å². The molecule has 0 amide bonds. The van der Waals surface area contributed by atoms with Crippen LogP contribution >= 0.6 is 0 Å². The first-order valence-electron chi connectivity index (χ1n) is 6.75. The standard InChI is InChI=1S/C17H22/c1-2-15-10-6-12-17(13-7-11-15)14-16-8-4-3-5-9-16/h3-9,12-13,15,17H,2,10-11,14H2,1H3. The van der Waals surface area contributed by atoms with Gasteiger partial charge in [-0.25, -0.2) is 0 Å². The van der Waals surface area contributed by atoms with Crippen molar-refractivity contribution in [3.63, 3.8) is 0 Å². The topological polar surface area (TPSA) is 0 Å². The van der Waals surface area contributed by atoms with E-state index in [4.69, 9.17) is 0 Å². The van der Waals surface area contributed by atoms with Crippen molar-refractivity contribution in [3.8, 4) is 0 Å². The average Bonchev–Trinajstić information content (AvgIpc) is 2.34. The average molecular weight is 226 g/mol. The van der Waals surface area contributed by atoms with Crippen molar-refractivity contribution in [2.24, 2.45) is 11.8 Å². The number of hydrogen-bond acceptors (Lipinski definition) is 0. The molecule has 0 saturated carbocycles. The first-order chi connectivity index (χ1) is 8.38. The SMILES string of the molecule is CCC1CC=CC(Cc2ccccc2)C=CC1. The van der Waals surface area contributed by atoms with Crippen LogP contribution in [0.5, 0.6) is 0 Å². The molecule has 0 saturated heterocycles. The monoisotopic (exact) mass is 226 g/mol. The summed E-state index contributed by atoms with van der Waals surface area (Å²) in [6.45, 7) is 2.29. The molecule has 0 aliphatic heterocycles. The predicted molar refractivity (Wildman–Crippen MR) is 74.9 cm³/mol. The van der Waals surface area contributed by atoms with Crippen LogP contribution in [0.3, 0.4) is 0 Å². The van der Waals surface area contributed by atoms with Gasteiger partial charge in [0, 0.05) is 0 Å². The van der Waals surface area contributed by atoms with E-state index < -0.39 is 0 Å². The van der Waals surface area contributed by atoms with E-state index >= 15 is 0 Å². The minimum Gasteiger partial charge on any atom is -0.0876 e. The van der Waals surface area contributed by atoms with Crippen molar-refractivity contribution in [2.45, 2.75) is 32.6 Å². The maximum Gasteiger partial charge on any atom is -0.00131 e. The van der Waals surface area contributed by atoms with Gasteiger partial charge in [0.1, 0.15) is 0 Å². The zero-order valence-electron chi connectivity index (χ0n) is 10.7. The summed E-state index contributed by atoms with van der Waals surface area (Å²) in [5.41, 5.74) is 1.43. The van der Waals surface area contributed by atoms with Crippen LogP contribution in [0.15, 0.2) is 54.6 Å². The summed E-state index contributed by atoms with van der Waals surface area (Å²) in [4.78, 5) is 0. The predicted octanol–water partition coefficient (Wildman–Crippen LogP) is 4.78. The number of rotatable bonds is 3. The fourth-order valence-electron chi connectivity index (χ4n) is 2.41. The molecule has 90 valence electrons. The van der Waals surface area contributed by atoms with E-state index in [1.54, 1.807) is 0 Å². The zero-order valence-corrected chi connectivity index (χ0v) is 10.7. The van der Waals surface area contributed by atoms with Gasteiger partial charge in [0.25, 0.3) is 0 Å². The van der Waals surface area contributed by atoms with Crippen LogP contribution in [0, 0.1) is 11.8 Å². The van der Waals surface area contributed by atoms with Crippen LogP contribution in [-0.4, -0.2) is 0 Å². The molecule has 0 unspecified atom stereocenters. The molecule has 0 N–H and O–H groups in total. The van der Waals surface area contributed by atoms with Crippen molar-refractivity contribution in [3.05, 3.63) is 60.2 Å². The van der Waals surface area contributed by atoms with E-state index in [0.29, 0.717) is 5.92 Å². The molecule has 1 aliphatic rings. The quantitative estimate of drug-likeness (QED) is 0.651. The van der Waals surface area contributed by atoms with Gasteiger partial charge in [0.15, 0.2) is 0 Å². The number of allylic oxidation sites excluding steroid dienone is 4. The summed E-state index contributed by atoms with van der Waals surface area (Å²) in [6, 6.07) is 10.8. The van der Waals surface area contributed by atoms with Crippen molar-refractivity contribution in [1.29, 1.82) is 0 Å². The summed E-state index contributed by atoms with van der Waals surface area (Å²) in [5, 5.41) is 0. The molecule has 2 rings (SSSR count). The van der Waals surface area contributed by atoms with Crippen molar-refractivity contribution >= 4 is 0 Å². The molecule has 0 heteroatoms. The largest absolute Gasteiger partial charge is 0.0876 e. The van der Waals surface area contributed by atoms with Gasteiger partial charge in [0.2, 0.25) is 0 Å². The lowest BCUT2D eigenvalue weighted by atomic mass is 9.91. The Morgan fingerprint density at radius 1 is 1.00 bits per heavy atom. The third-order valence-corrected chi connectivity index (χ3v) is 3.60. The van der Waals surface area contributed by atoms with E-state index in [9.17, 15) is 0 Å². The van der Waals surface area contributed by atoms with Gasteiger partial charge in [0.05, 0.1) is 0 Å². The smallest absolute Gasteiger partial charge is 0.00131 e. The second kappa shape index (κ2) is 6.44. The van der Waals surface area contributed by atoms with Gasteiger partial charge >= 0.3 is 0 Å². The third kappa shape index (κ3) is 3.89. The van der Waals surface area contributed by atoms with Gasteiger partial charge in [-0.05, 0) is 36.7 Å². The number of hydrogen-bond donors (Lipinski definition) is 0. The first-order valence-corrected chi connectivity index (χ1v) is 6.75. The molecule has 1 aromatic carbocycles. The lowest BCUT2D eigenvalue weighted by molar-refractivity contribution is 0.517. The Morgan fingerprint density at radius 3 is 2.24 bits per heavy atom. The highest BCUT2D eigenvalue weighted by atomic mass is 14.1. The summed E-state index contributed by atoms with van der Waals surface area (Å²) in [6.07, 6.45) is 14.4. The minimum atomic E-state index is 0.579. The fraction of sp³-hybridized carbons (Fsp3) is 0.412. The highest BCUT2D eigenvalue weighted by molar-refractivity contribution is 5.18.